The molecule has 0 saturated heterocycles. The van der Waals surface area contributed by atoms with E-state index in [1.807, 2.05) is 30.3 Å². The van der Waals surface area contributed by atoms with Gasteiger partial charge in [-0.25, -0.2) is 0 Å². The zero-order valence-corrected chi connectivity index (χ0v) is 6.93. The molecule has 1 aromatic carbocycles. The van der Waals surface area contributed by atoms with Gasteiger partial charge < -0.3 is 4.42 Å². The Morgan fingerprint density at radius 3 is 2.92 bits per heavy atom. The first-order valence-electron chi connectivity index (χ1n) is 3.43. The van der Waals surface area contributed by atoms with Crippen LogP contribution in [0.25, 0.3) is 11.0 Å². The molecular formula is C9H5O2S. The molecule has 0 spiro atoms. The van der Waals surface area contributed by atoms with E-state index < -0.39 is 0 Å². The van der Waals surface area contributed by atoms with Crippen LogP contribution < -0.4 is 0 Å². The second-order valence-electron chi connectivity index (χ2n) is 2.29. The summed E-state index contributed by atoms with van der Waals surface area (Å²) in [4.78, 5) is 10.0. The first kappa shape index (κ1) is 7.43. The summed E-state index contributed by atoms with van der Waals surface area (Å²) >= 11 is 0.929. The number of hydrogen-bond donors (Lipinski definition) is 0. The van der Waals surface area contributed by atoms with Crippen molar-refractivity contribution < 1.29 is 9.21 Å². The highest BCUT2D eigenvalue weighted by atomic mass is 32.2. The van der Waals surface area contributed by atoms with Gasteiger partial charge in [-0.15, -0.1) is 0 Å². The first-order chi connectivity index (χ1) is 5.90. The maximum Gasteiger partial charge on any atom is 0.274 e. The second-order valence-corrected chi connectivity index (χ2v) is 3.06. The minimum Gasteiger partial charge on any atom is -0.449 e. The summed E-state index contributed by atoms with van der Waals surface area (Å²) in [6.45, 7) is 0. The number of hydrogen-bond acceptors (Lipinski definition) is 3. The quantitative estimate of drug-likeness (QED) is 0.660. The van der Waals surface area contributed by atoms with Crippen molar-refractivity contribution in [3.63, 3.8) is 0 Å². The molecule has 0 fully saturated rings. The van der Waals surface area contributed by atoms with E-state index in [1.165, 1.54) is 0 Å². The van der Waals surface area contributed by atoms with Gasteiger partial charge >= 0.3 is 0 Å². The number of thioether (sulfide) groups is 1. The van der Waals surface area contributed by atoms with Crippen LogP contribution in [0.1, 0.15) is 0 Å². The van der Waals surface area contributed by atoms with Crippen LogP contribution in [0, 0.1) is 0 Å². The molecule has 12 heavy (non-hydrogen) atoms. The molecule has 0 saturated carbocycles. The van der Waals surface area contributed by atoms with Crippen LogP contribution in [0.4, 0.5) is 0 Å². The van der Waals surface area contributed by atoms with Crippen molar-refractivity contribution in [2.45, 2.75) is 5.09 Å². The van der Waals surface area contributed by atoms with Crippen molar-refractivity contribution >= 4 is 28.3 Å². The summed E-state index contributed by atoms with van der Waals surface area (Å²) in [5.74, 6) is 0. The second kappa shape index (κ2) is 3.03. The molecule has 2 rings (SSSR count). The Balaban J connectivity index is 2.54. The van der Waals surface area contributed by atoms with E-state index in [4.69, 9.17) is 4.42 Å². The normalized spacial score (nSPS) is 10.3. The molecule has 0 unspecified atom stereocenters. The average Bonchev–Trinajstić information content (AvgIpc) is 2.47. The van der Waals surface area contributed by atoms with Gasteiger partial charge in [0.25, 0.3) is 5.62 Å². The molecule has 0 aliphatic heterocycles. The highest BCUT2D eigenvalue weighted by molar-refractivity contribution is 8.11. The van der Waals surface area contributed by atoms with Crippen LogP contribution in [0.3, 0.4) is 0 Å². The van der Waals surface area contributed by atoms with Crippen molar-refractivity contribution in [2.24, 2.45) is 0 Å². The maximum atomic E-state index is 10.0. The van der Waals surface area contributed by atoms with Crippen molar-refractivity contribution in [2.75, 3.05) is 0 Å². The lowest BCUT2D eigenvalue weighted by atomic mass is 10.3. The molecule has 0 amide bonds. The minimum atomic E-state index is 0.589. The Hall–Kier alpha value is -1.22. The van der Waals surface area contributed by atoms with E-state index in [0.717, 1.165) is 22.7 Å². The standard InChI is InChI=1S/C9H5O2S/c10-6-12-9-5-7-3-1-2-4-8(7)11-9/h1-5H. The van der Waals surface area contributed by atoms with Crippen LogP contribution in [0.15, 0.2) is 39.8 Å². The zero-order chi connectivity index (χ0) is 8.39. The van der Waals surface area contributed by atoms with Gasteiger partial charge in [-0.2, -0.15) is 0 Å². The Morgan fingerprint density at radius 2 is 2.17 bits per heavy atom. The fourth-order valence-electron chi connectivity index (χ4n) is 1.05. The van der Waals surface area contributed by atoms with E-state index in [0.29, 0.717) is 5.09 Å². The number of fused-ring (bicyclic) bond motifs is 1. The highest BCUT2D eigenvalue weighted by Gasteiger charge is 2.01. The molecule has 0 atom stereocenters. The molecule has 1 radical (unpaired) electrons. The maximum absolute atomic E-state index is 10.0. The van der Waals surface area contributed by atoms with Gasteiger partial charge in [0.05, 0.1) is 0 Å². The monoisotopic (exact) mass is 177 g/mol. The van der Waals surface area contributed by atoms with E-state index in [-0.39, 0.29) is 0 Å². The third-order valence-corrected chi connectivity index (χ3v) is 2.03. The summed E-state index contributed by atoms with van der Waals surface area (Å²) in [6.07, 6.45) is 0. The van der Waals surface area contributed by atoms with Crippen molar-refractivity contribution in [1.82, 2.24) is 0 Å². The lowest BCUT2D eigenvalue weighted by Gasteiger charge is -1.82. The van der Waals surface area contributed by atoms with E-state index in [1.54, 1.807) is 5.62 Å². The molecule has 0 aliphatic rings. The van der Waals surface area contributed by atoms with Crippen LogP contribution in [-0.4, -0.2) is 5.62 Å². The number of rotatable bonds is 2. The van der Waals surface area contributed by atoms with Gasteiger partial charge in [0.2, 0.25) is 0 Å². The average molecular weight is 177 g/mol. The molecule has 1 aromatic heterocycles. The summed E-state index contributed by atoms with van der Waals surface area (Å²) in [6, 6.07) is 9.45. The fraction of sp³-hybridized carbons (Fsp3) is 0. The summed E-state index contributed by atoms with van der Waals surface area (Å²) in [5, 5.41) is 1.60. The Labute approximate surface area is 73.6 Å². The lowest BCUT2D eigenvalue weighted by Crippen LogP contribution is -1.58. The van der Waals surface area contributed by atoms with Crippen molar-refractivity contribution in [3.05, 3.63) is 30.3 Å². The van der Waals surface area contributed by atoms with Gasteiger partial charge in [-0.05, 0) is 23.9 Å². The molecule has 0 aliphatic carbocycles. The Morgan fingerprint density at radius 1 is 1.33 bits per heavy atom. The third kappa shape index (κ3) is 1.23. The number of carbonyl (C=O) groups excluding carboxylic acids is 1. The third-order valence-electron chi connectivity index (χ3n) is 1.55. The molecular weight excluding hydrogens is 172 g/mol. The molecule has 2 aromatic rings. The lowest BCUT2D eigenvalue weighted by molar-refractivity contribution is 0.515. The van der Waals surface area contributed by atoms with E-state index in [2.05, 4.69) is 0 Å². The number of para-hydroxylation sites is 1. The molecule has 3 heteroatoms. The predicted molar refractivity (Wildman–Crippen MR) is 47.8 cm³/mol. The molecule has 1 heterocycles. The predicted octanol–water partition coefficient (Wildman–Crippen LogP) is 2.59. The van der Waals surface area contributed by atoms with Crippen molar-refractivity contribution in [1.29, 1.82) is 0 Å². The molecule has 0 bridgehead atoms. The van der Waals surface area contributed by atoms with E-state index >= 15 is 0 Å². The molecule has 0 N–H and O–H groups in total. The molecule has 59 valence electrons. The van der Waals surface area contributed by atoms with Gasteiger partial charge in [-0.3, -0.25) is 4.79 Å². The summed E-state index contributed by atoms with van der Waals surface area (Å²) in [7, 11) is 0. The largest absolute Gasteiger partial charge is 0.449 e. The number of benzene rings is 1. The smallest absolute Gasteiger partial charge is 0.274 e. The summed E-state index contributed by atoms with van der Waals surface area (Å²) in [5.41, 5.74) is 2.52. The van der Waals surface area contributed by atoms with Crippen molar-refractivity contribution in [3.8, 4) is 0 Å². The highest BCUT2D eigenvalue weighted by Crippen LogP contribution is 2.25. The van der Waals surface area contributed by atoms with Gasteiger partial charge in [0.1, 0.15) is 5.58 Å². The van der Waals surface area contributed by atoms with Crippen LogP contribution >= 0.6 is 11.8 Å². The van der Waals surface area contributed by atoms with Crippen LogP contribution in [0.2, 0.25) is 0 Å². The van der Waals surface area contributed by atoms with Gasteiger partial charge in [0.15, 0.2) is 5.09 Å². The van der Waals surface area contributed by atoms with Crippen LogP contribution in [-0.2, 0) is 4.79 Å². The number of furan rings is 1. The van der Waals surface area contributed by atoms with Crippen LogP contribution in [0.5, 0.6) is 0 Å². The minimum absolute atomic E-state index is 0.589. The SMILES string of the molecule is O=[C]Sc1cc2ccccc2o1. The fourth-order valence-corrected chi connectivity index (χ4v) is 1.45. The Bertz CT molecular complexity index is 373. The van der Waals surface area contributed by atoms with Gasteiger partial charge in [0, 0.05) is 5.39 Å². The van der Waals surface area contributed by atoms with E-state index in [9.17, 15) is 4.79 Å². The topological polar surface area (TPSA) is 30.2 Å². The zero-order valence-electron chi connectivity index (χ0n) is 6.11. The summed E-state index contributed by atoms with van der Waals surface area (Å²) < 4.78 is 5.31. The Kier molecular flexibility index (Phi) is 1.87. The molecule has 2 nitrogen and oxygen atoms in total. The first-order valence-corrected chi connectivity index (χ1v) is 4.24. The van der Waals surface area contributed by atoms with Gasteiger partial charge in [-0.1, -0.05) is 18.2 Å².